The Kier molecular flexibility index (Phi) is 5.89. The van der Waals surface area contributed by atoms with Gasteiger partial charge in [-0.1, -0.05) is 0 Å². The summed E-state index contributed by atoms with van der Waals surface area (Å²) in [6.07, 6.45) is 1.42. The second kappa shape index (κ2) is 7.46. The molecule has 1 aromatic heterocycles. The number of nitrogen functional groups attached to an aromatic ring is 1. The lowest BCUT2D eigenvalue weighted by atomic mass is 10.4. The molecule has 0 saturated carbocycles. The normalized spacial score (nSPS) is 10.3. The van der Waals surface area contributed by atoms with Crippen LogP contribution in [0.2, 0.25) is 0 Å². The highest BCUT2D eigenvalue weighted by molar-refractivity contribution is 5.75. The standard InChI is InChI=1S/C11H17N3O4/c12-9-1-2-11(17)14(7-9)8-10(16)13-3-5-18-6-4-15/h1-2,7,15H,3-6,8,12H2,(H,13,16). The molecule has 0 radical (unpaired) electrons. The van der Waals surface area contributed by atoms with Gasteiger partial charge in [-0.15, -0.1) is 0 Å². The summed E-state index contributed by atoms with van der Waals surface area (Å²) >= 11 is 0. The molecule has 0 saturated heterocycles. The van der Waals surface area contributed by atoms with Crippen molar-refractivity contribution in [3.05, 3.63) is 28.7 Å². The zero-order chi connectivity index (χ0) is 13.4. The van der Waals surface area contributed by atoms with Crippen LogP contribution in [0, 0.1) is 0 Å². The fourth-order valence-corrected chi connectivity index (χ4v) is 1.31. The molecule has 0 aliphatic rings. The van der Waals surface area contributed by atoms with E-state index in [1.54, 1.807) is 0 Å². The van der Waals surface area contributed by atoms with Crippen LogP contribution in [0.1, 0.15) is 0 Å². The van der Waals surface area contributed by atoms with Gasteiger partial charge in [0.2, 0.25) is 5.91 Å². The van der Waals surface area contributed by atoms with E-state index >= 15 is 0 Å². The lowest BCUT2D eigenvalue weighted by molar-refractivity contribution is -0.121. The number of hydrogen-bond acceptors (Lipinski definition) is 5. The van der Waals surface area contributed by atoms with Crippen molar-refractivity contribution in [3.8, 4) is 0 Å². The maximum Gasteiger partial charge on any atom is 0.251 e. The van der Waals surface area contributed by atoms with Gasteiger partial charge >= 0.3 is 0 Å². The van der Waals surface area contributed by atoms with Crippen molar-refractivity contribution in [3.63, 3.8) is 0 Å². The van der Waals surface area contributed by atoms with Gasteiger partial charge in [-0.25, -0.2) is 0 Å². The smallest absolute Gasteiger partial charge is 0.251 e. The van der Waals surface area contributed by atoms with Crippen LogP contribution in [0.25, 0.3) is 0 Å². The minimum atomic E-state index is -0.296. The highest BCUT2D eigenvalue weighted by Crippen LogP contribution is 1.95. The number of carbonyl (C=O) groups excluding carboxylic acids is 1. The monoisotopic (exact) mass is 255 g/mol. The zero-order valence-electron chi connectivity index (χ0n) is 9.96. The van der Waals surface area contributed by atoms with Crippen molar-refractivity contribution in [2.45, 2.75) is 6.54 Å². The van der Waals surface area contributed by atoms with Crippen molar-refractivity contribution in [1.29, 1.82) is 0 Å². The van der Waals surface area contributed by atoms with Gasteiger partial charge in [-0.3, -0.25) is 9.59 Å². The topological polar surface area (TPSA) is 107 Å². The number of hydrogen-bond donors (Lipinski definition) is 3. The first-order valence-electron chi connectivity index (χ1n) is 5.55. The van der Waals surface area contributed by atoms with Crippen LogP contribution < -0.4 is 16.6 Å². The van der Waals surface area contributed by atoms with E-state index in [4.69, 9.17) is 15.6 Å². The number of rotatable bonds is 7. The summed E-state index contributed by atoms with van der Waals surface area (Å²) < 4.78 is 6.21. The van der Waals surface area contributed by atoms with Gasteiger partial charge in [0.05, 0.1) is 19.8 Å². The first-order chi connectivity index (χ1) is 8.63. The molecule has 1 heterocycles. The summed E-state index contributed by atoms with van der Waals surface area (Å²) in [6.45, 7) is 0.759. The van der Waals surface area contributed by atoms with Crippen LogP contribution in [0.5, 0.6) is 0 Å². The van der Waals surface area contributed by atoms with Gasteiger partial charge < -0.3 is 25.5 Å². The van der Waals surface area contributed by atoms with Crippen molar-refractivity contribution in [1.82, 2.24) is 9.88 Å². The Morgan fingerprint density at radius 2 is 2.22 bits per heavy atom. The summed E-state index contributed by atoms with van der Waals surface area (Å²) in [5.74, 6) is -0.296. The third kappa shape index (κ3) is 4.98. The Morgan fingerprint density at radius 1 is 1.44 bits per heavy atom. The van der Waals surface area contributed by atoms with E-state index in [0.29, 0.717) is 18.8 Å². The Balaban J connectivity index is 2.35. The van der Waals surface area contributed by atoms with Crippen LogP contribution >= 0.6 is 0 Å². The lowest BCUT2D eigenvalue weighted by Gasteiger charge is -2.08. The molecule has 0 spiro atoms. The highest BCUT2D eigenvalue weighted by Gasteiger charge is 2.03. The maximum absolute atomic E-state index is 11.5. The number of nitrogens with one attached hydrogen (secondary N) is 1. The van der Waals surface area contributed by atoms with Crippen LogP contribution in [-0.4, -0.2) is 41.9 Å². The van der Waals surface area contributed by atoms with E-state index in [1.165, 1.54) is 22.9 Å². The molecule has 0 atom stereocenters. The molecule has 1 aromatic rings. The van der Waals surface area contributed by atoms with E-state index in [9.17, 15) is 9.59 Å². The van der Waals surface area contributed by atoms with Crippen molar-refractivity contribution in [2.75, 3.05) is 32.1 Å². The molecule has 7 nitrogen and oxygen atoms in total. The minimum Gasteiger partial charge on any atom is -0.398 e. The number of aromatic nitrogens is 1. The summed E-state index contributed by atoms with van der Waals surface area (Å²) in [6, 6.07) is 2.80. The molecular formula is C11H17N3O4. The Hall–Kier alpha value is -1.86. The summed E-state index contributed by atoms with van der Waals surface area (Å²) in [5.41, 5.74) is 5.67. The number of carbonyl (C=O) groups is 1. The number of nitrogens with two attached hydrogens (primary N) is 1. The van der Waals surface area contributed by atoms with Crippen molar-refractivity contribution < 1.29 is 14.6 Å². The highest BCUT2D eigenvalue weighted by atomic mass is 16.5. The van der Waals surface area contributed by atoms with Crippen LogP contribution in [0.15, 0.2) is 23.1 Å². The van der Waals surface area contributed by atoms with Crippen LogP contribution in [0.3, 0.4) is 0 Å². The van der Waals surface area contributed by atoms with Crippen LogP contribution in [0.4, 0.5) is 5.69 Å². The molecule has 0 fully saturated rings. The molecule has 1 rings (SSSR count). The average Bonchev–Trinajstić information content (AvgIpc) is 2.33. The number of ether oxygens (including phenoxy) is 1. The van der Waals surface area contributed by atoms with Gasteiger partial charge in [0.1, 0.15) is 6.54 Å². The minimum absolute atomic E-state index is 0.0490. The van der Waals surface area contributed by atoms with E-state index in [2.05, 4.69) is 5.32 Å². The Bertz CT molecular complexity index is 444. The SMILES string of the molecule is Nc1ccc(=O)n(CC(=O)NCCOCCO)c1. The van der Waals surface area contributed by atoms with E-state index in [0.717, 1.165) is 0 Å². The molecule has 100 valence electrons. The molecular weight excluding hydrogens is 238 g/mol. The Morgan fingerprint density at radius 3 is 2.94 bits per heavy atom. The van der Waals surface area contributed by atoms with Gasteiger partial charge in [-0.2, -0.15) is 0 Å². The maximum atomic E-state index is 11.5. The number of nitrogens with zero attached hydrogens (tertiary/aromatic N) is 1. The van der Waals surface area contributed by atoms with Crippen molar-refractivity contribution >= 4 is 11.6 Å². The third-order valence-electron chi connectivity index (χ3n) is 2.12. The molecule has 7 heteroatoms. The van der Waals surface area contributed by atoms with E-state index in [1.807, 2.05) is 0 Å². The molecule has 0 aromatic carbocycles. The summed E-state index contributed by atoms with van der Waals surface area (Å²) in [4.78, 5) is 22.9. The number of aliphatic hydroxyl groups excluding tert-OH is 1. The van der Waals surface area contributed by atoms with E-state index in [-0.39, 0.29) is 31.2 Å². The van der Waals surface area contributed by atoms with Gasteiger partial charge in [0.25, 0.3) is 5.56 Å². The fraction of sp³-hybridized carbons (Fsp3) is 0.455. The predicted octanol–water partition coefficient (Wildman–Crippen LogP) is -1.44. The summed E-state index contributed by atoms with van der Waals surface area (Å²) in [5, 5.41) is 11.1. The second-order valence-electron chi connectivity index (χ2n) is 3.61. The molecule has 1 amide bonds. The van der Waals surface area contributed by atoms with Gasteiger partial charge in [-0.05, 0) is 6.07 Å². The zero-order valence-corrected chi connectivity index (χ0v) is 9.96. The summed E-state index contributed by atoms with van der Waals surface area (Å²) in [7, 11) is 0. The number of pyridine rings is 1. The fourth-order valence-electron chi connectivity index (χ4n) is 1.31. The molecule has 4 N–H and O–H groups in total. The molecule has 0 unspecified atom stereocenters. The number of anilines is 1. The van der Waals surface area contributed by atoms with Crippen LogP contribution in [-0.2, 0) is 16.1 Å². The molecule has 0 aliphatic carbocycles. The predicted molar refractivity (Wildman–Crippen MR) is 66.0 cm³/mol. The Labute approximate surface area is 104 Å². The number of amides is 1. The largest absolute Gasteiger partial charge is 0.398 e. The van der Waals surface area contributed by atoms with E-state index < -0.39 is 0 Å². The number of aliphatic hydroxyl groups is 1. The lowest BCUT2D eigenvalue weighted by Crippen LogP contribution is -2.34. The molecule has 0 aliphatic heterocycles. The first kappa shape index (κ1) is 14.2. The average molecular weight is 255 g/mol. The van der Waals surface area contributed by atoms with Gasteiger partial charge in [0.15, 0.2) is 0 Å². The quantitative estimate of drug-likeness (QED) is 0.517. The molecule has 18 heavy (non-hydrogen) atoms. The van der Waals surface area contributed by atoms with Crippen molar-refractivity contribution in [2.24, 2.45) is 0 Å². The first-order valence-corrected chi connectivity index (χ1v) is 5.55. The molecule has 0 bridgehead atoms. The van der Waals surface area contributed by atoms with Gasteiger partial charge in [0, 0.05) is 24.5 Å². The second-order valence-corrected chi connectivity index (χ2v) is 3.61. The third-order valence-corrected chi connectivity index (χ3v) is 2.12.